The maximum atomic E-state index is 13.9. The van der Waals surface area contributed by atoms with Gasteiger partial charge in [0.05, 0.1) is 11.1 Å². The zero-order valence-electron chi connectivity index (χ0n) is 16.2. The van der Waals surface area contributed by atoms with Crippen molar-refractivity contribution in [3.63, 3.8) is 0 Å². The van der Waals surface area contributed by atoms with E-state index in [1.807, 2.05) is 6.07 Å². The number of thiazole rings is 1. The third kappa shape index (κ3) is 4.92. The molecule has 0 spiro atoms. The summed E-state index contributed by atoms with van der Waals surface area (Å²) in [4.78, 5) is 20.9. The summed E-state index contributed by atoms with van der Waals surface area (Å²) in [5.41, 5.74) is 1.65. The molecule has 156 valence electrons. The minimum absolute atomic E-state index is 0.146. The fourth-order valence-electron chi connectivity index (χ4n) is 2.87. The molecule has 5 nitrogen and oxygen atoms in total. The van der Waals surface area contributed by atoms with Crippen molar-refractivity contribution in [1.82, 2.24) is 15.3 Å². The molecule has 0 aliphatic heterocycles. The maximum Gasteiger partial charge on any atom is 0.271 e. The van der Waals surface area contributed by atoms with E-state index >= 15 is 0 Å². The number of carbonyl (C=O) groups excluding carboxylic acids is 1. The zero-order valence-corrected chi connectivity index (χ0v) is 17.0. The second-order valence-electron chi connectivity index (χ2n) is 6.57. The Kier molecular flexibility index (Phi) is 6.28. The first-order valence-electron chi connectivity index (χ1n) is 9.39. The Bertz CT molecular complexity index is 1180. The Morgan fingerprint density at radius 2 is 1.84 bits per heavy atom. The average Bonchev–Trinajstić information content (AvgIpc) is 3.28. The van der Waals surface area contributed by atoms with Gasteiger partial charge < -0.3 is 10.1 Å². The van der Waals surface area contributed by atoms with E-state index in [0.717, 1.165) is 5.56 Å². The van der Waals surface area contributed by atoms with E-state index in [9.17, 15) is 13.6 Å². The van der Waals surface area contributed by atoms with E-state index in [0.29, 0.717) is 22.9 Å². The van der Waals surface area contributed by atoms with E-state index < -0.39 is 11.6 Å². The van der Waals surface area contributed by atoms with Crippen LogP contribution in [0.5, 0.6) is 5.75 Å². The van der Waals surface area contributed by atoms with Crippen molar-refractivity contribution in [3.8, 4) is 16.3 Å². The Morgan fingerprint density at radius 1 is 1.03 bits per heavy atom. The maximum absolute atomic E-state index is 13.9. The van der Waals surface area contributed by atoms with Crippen LogP contribution in [0.25, 0.3) is 10.6 Å². The number of benzene rings is 2. The number of aromatic nitrogens is 2. The molecule has 8 heteroatoms. The molecular weight excluding hydrogens is 420 g/mol. The van der Waals surface area contributed by atoms with Crippen molar-refractivity contribution < 1.29 is 18.3 Å². The van der Waals surface area contributed by atoms with Crippen LogP contribution in [0.2, 0.25) is 0 Å². The van der Waals surface area contributed by atoms with Crippen molar-refractivity contribution in [2.45, 2.75) is 13.2 Å². The van der Waals surface area contributed by atoms with Crippen LogP contribution in [0.3, 0.4) is 0 Å². The zero-order chi connectivity index (χ0) is 21.6. The van der Waals surface area contributed by atoms with Crippen LogP contribution in [-0.2, 0) is 13.2 Å². The largest absolute Gasteiger partial charge is 0.488 e. The average molecular weight is 437 g/mol. The molecule has 0 fully saturated rings. The molecule has 2 heterocycles. The quantitative estimate of drug-likeness (QED) is 0.442. The van der Waals surface area contributed by atoms with Crippen LogP contribution in [0.1, 0.15) is 21.6 Å². The van der Waals surface area contributed by atoms with E-state index in [4.69, 9.17) is 4.74 Å². The van der Waals surface area contributed by atoms with Gasteiger partial charge in [-0.05, 0) is 35.9 Å². The molecular formula is C23H17F2N3O2S. The Labute approximate surface area is 181 Å². The van der Waals surface area contributed by atoms with E-state index in [1.54, 1.807) is 48.1 Å². The normalized spacial score (nSPS) is 10.6. The molecule has 4 rings (SSSR count). The molecule has 1 amide bonds. The Balaban J connectivity index is 1.48. The third-order valence-corrected chi connectivity index (χ3v) is 5.34. The van der Waals surface area contributed by atoms with Crippen LogP contribution < -0.4 is 10.1 Å². The number of para-hydroxylation sites is 1. The van der Waals surface area contributed by atoms with E-state index in [1.165, 1.54) is 29.5 Å². The predicted octanol–water partition coefficient (Wildman–Crippen LogP) is 4.99. The molecule has 0 saturated heterocycles. The lowest BCUT2D eigenvalue weighted by Gasteiger charge is -2.11. The SMILES string of the molecule is O=C(NCc1cccnc1)c1csc(-c2ccccc2OCc2c(F)cccc2F)n1. The molecule has 0 atom stereocenters. The summed E-state index contributed by atoms with van der Waals surface area (Å²) in [5.74, 6) is -1.22. The summed E-state index contributed by atoms with van der Waals surface area (Å²) in [7, 11) is 0. The molecule has 0 saturated carbocycles. The highest BCUT2D eigenvalue weighted by atomic mass is 32.1. The molecule has 2 aromatic carbocycles. The number of nitrogens with one attached hydrogen (secondary N) is 1. The highest BCUT2D eigenvalue weighted by molar-refractivity contribution is 7.13. The molecule has 1 N–H and O–H groups in total. The number of ether oxygens (including phenoxy) is 1. The Morgan fingerprint density at radius 3 is 2.61 bits per heavy atom. The summed E-state index contributed by atoms with van der Waals surface area (Å²) in [6.07, 6.45) is 3.34. The number of carbonyl (C=O) groups is 1. The van der Waals surface area contributed by atoms with Crippen LogP contribution in [-0.4, -0.2) is 15.9 Å². The molecule has 4 aromatic rings. The van der Waals surface area contributed by atoms with Gasteiger partial charge in [-0.1, -0.05) is 24.3 Å². The number of hydrogen-bond donors (Lipinski definition) is 1. The summed E-state index contributed by atoms with van der Waals surface area (Å²) < 4.78 is 33.5. The standard InChI is InChI=1S/C23H17F2N3O2S/c24-18-7-3-8-19(25)17(18)13-30-21-9-2-1-6-16(21)23-28-20(14-31-23)22(29)27-12-15-5-4-10-26-11-15/h1-11,14H,12-13H2,(H,27,29). The second kappa shape index (κ2) is 9.44. The minimum Gasteiger partial charge on any atom is -0.488 e. The van der Waals surface area contributed by atoms with Crippen LogP contribution in [0.4, 0.5) is 8.78 Å². The van der Waals surface area contributed by atoms with Gasteiger partial charge in [0.1, 0.15) is 34.7 Å². The van der Waals surface area contributed by atoms with Gasteiger partial charge in [-0.25, -0.2) is 13.8 Å². The highest BCUT2D eigenvalue weighted by Gasteiger charge is 2.16. The molecule has 2 aromatic heterocycles. The minimum atomic E-state index is -0.667. The highest BCUT2D eigenvalue weighted by Crippen LogP contribution is 2.33. The molecule has 0 aliphatic rings. The molecule has 31 heavy (non-hydrogen) atoms. The fraction of sp³-hybridized carbons (Fsp3) is 0.0870. The number of halogens is 2. The lowest BCUT2D eigenvalue weighted by molar-refractivity contribution is 0.0946. The number of amides is 1. The van der Waals surface area contributed by atoms with Gasteiger partial charge in [0.25, 0.3) is 5.91 Å². The summed E-state index contributed by atoms with van der Waals surface area (Å²) >= 11 is 1.28. The third-order valence-electron chi connectivity index (χ3n) is 4.46. The summed E-state index contributed by atoms with van der Waals surface area (Å²) in [6, 6.07) is 14.4. The number of nitrogens with zero attached hydrogens (tertiary/aromatic N) is 2. The number of rotatable bonds is 7. The molecule has 0 radical (unpaired) electrons. The Hall–Kier alpha value is -3.65. The van der Waals surface area contributed by atoms with Crippen LogP contribution >= 0.6 is 11.3 Å². The summed E-state index contributed by atoms with van der Waals surface area (Å²) in [6.45, 7) is 0.0762. The van der Waals surface area contributed by atoms with Crippen LogP contribution in [0, 0.1) is 11.6 Å². The number of pyridine rings is 1. The lowest BCUT2D eigenvalue weighted by Crippen LogP contribution is -2.23. The topological polar surface area (TPSA) is 64.1 Å². The van der Waals surface area contributed by atoms with Gasteiger partial charge in [0.2, 0.25) is 0 Å². The van der Waals surface area contributed by atoms with Crippen LogP contribution in [0.15, 0.2) is 72.4 Å². The van der Waals surface area contributed by atoms with Gasteiger partial charge in [-0.3, -0.25) is 9.78 Å². The molecule has 0 unspecified atom stereocenters. The predicted molar refractivity (Wildman–Crippen MR) is 114 cm³/mol. The van der Waals surface area contributed by atoms with Gasteiger partial charge in [-0.15, -0.1) is 11.3 Å². The van der Waals surface area contributed by atoms with Crippen molar-refractivity contribution in [1.29, 1.82) is 0 Å². The van der Waals surface area contributed by atoms with Crippen molar-refractivity contribution in [3.05, 3.63) is 101 Å². The fourth-order valence-corrected chi connectivity index (χ4v) is 3.70. The van der Waals surface area contributed by atoms with Crippen molar-refractivity contribution in [2.75, 3.05) is 0 Å². The van der Waals surface area contributed by atoms with Gasteiger partial charge in [0.15, 0.2) is 0 Å². The van der Waals surface area contributed by atoms with E-state index in [2.05, 4.69) is 15.3 Å². The van der Waals surface area contributed by atoms with Gasteiger partial charge in [0, 0.05) is 24.3 Å². The van der Waals surface area contributed by atoms with Crippen molar-refractivity contribution >= 4 is 17.2 Å². The van der Waals surface area contributed by atoms with E-state index in [-0.39, 0.29) is 23.8 Å². The summed E-state index contributed by atoms with van der Waals surface area (Å²) in [5, 5.41) is 5.02. The monoisotopic (exact) mass is 437 g/mol. The lowest BCUT2D eigenvalue weighted by atomic mass is 10.2. The molecule has 0 aliphatic carbocycles. The smallest absolute Gasteiger partial charge is 0.271 e. The molecule has 0 bridgehead atoms. The first kappa shape index (κ1) is 20.6. The van der Waals surface area contributed by atoms with Gasteiger partial charge >= 0.3 is 0 Å². The van der Waals surface area contributed by atoms with Crippen molar-refractivity contribution in [2.24, 2.45) is 0 Å². The van der Waals surface area contributed by atoms with Gasteiger partial charge in [-0.2, -0.15) is 0 Å². The second-order valence-corrected chi connectivity index (χ2v) is 7.42. The first-order valence-corrected chi connectivity index (χ1v) is 10.3. The number of hydrogen-bond acceptors (Lipinski definition) is 5. The first-order chi connectivity index (χ1) is 15.1.